The summed E-state index contributed by atoms with van der Waals surface area (Å²) in [5.41, 5.74) is 0.836. The van der Waals surface area contributed by atoms with Gasteiger partial charge in [0, 0.05) is 33.3 Å². The van der Waals surface area contributed by atoms with E-state index in [1.54, 1.807) is 0 Å². The van der Waals surface area contributed by atoms with Gasteiger partial charge in [0.25, 0.3) is 0 Å². The molecule has 2 aliphatic rings. The fourth-order valence-corrected chi connectivity index (χ4v) is 3.85. The minimum Gasteiger partial charge on any atom is -0.463 e. The zero-order valence-corrected chi connectivity index (χ0v) is 20.4. The van der Waals surface area contributed by atoms with E-state index in [4.69, 9.17) is 37.9 Å². The minimum absolute atomic E-state index is 0.117. The van der Waals surface area contributed by atoms with E-state index in [-0.39, 0.29) is 19.8 Å². The summed E-state index contributed by atoms with van der Waals surface area (Å²) in [5, 5.41) is 0. The van der Waals surface area contributed by atoms with Crippen LogP contribution >= 0.6 is 0 Å². The normalized spacial score (nSPS) is 30.1. The zero-order valence-electron chi connectivity index (χ0n) is 20.4. The van der Waals surface area contributed by atoms with Gasteiger partial charge in [0.1, 0.15) is 18.8 Å². The van der Waals surface area contributed by atoms with Crippen LogP contribution in [0.25, 0.3) is 0 Å². The van der Waals surface area contributed by atoms with Crippen LogP contribution in [0.3, 0.4) is 0 Å². The Labute approximate surface area is 208 Å². The molecule has 0 saturated carbocycles. The van der Waals surface area contributed by atoms with Crippen LogP contribution in [0, 0.1) is 0 Å². The predicted octanol–water partition coefficient (Wildman–Crippen LogP) is 1.20. The first-order valence-electron chi connectivity index (χ1n) is 11.4. The Morgan fingerprint density at radius 1 is 0.778 bits per heavy atom. The number of benzene rings is 1. The Morgan fingerprint density at radius 2 is 1.33 bits per heavy atom. The molecule has 0 aromatic heterocycles. The number of rotatable bonds is 8. The lowest BCUT2D eigenvalue weighted by molar-refractivity contribution is -0.335. The molecule has 0 bridgehead atoms. The van der Waals surface area contributed by atoms with Crippen LogP contribution in [0.2, 0.25) is 0 Å². The molecule has 12 heteroatoms. The highest BCUT2D eigenvalue weighted by Gasteiger charge is 2.53. The zero-order chi connectivity index (χ0) is 26.2. The maximum atomic E-state index is 11.9. The number of hydrogen-bond acceptors (Lipinski definition) is 12. The third-order valence-corrected chi connectivity index (χ3v) is 5.21. The van der Waals surface area contributed by atoms with Gasteiger partial charge in [0.05, 0.1) is 13.2 Å². The Hall–Kier alpha value is -3.06. The van der Waals surface area contributed by atoms with Gasteiger partial charge in [-0.15, -0.1) is 0 Å². The van der Waals surface area contributed by atoms with Crippen LogP contribution in [0.5, 0.6) is 0 Å². The molecule has 0 spiro atoms. The van der Waals surface area contributed by atoms with Crippen molar-refractivity contribution in [1.29, 1.82) is 0 Å². The van der Waals surface area contributed by atoms with E-state index < -0.39 is 67.0 Å². The second-order valence-corrected chi connectivity index (χ2v) is 8.24. The van der Waals surface area contributed by atoms with Crippen molar-refractivity contribution in [3.63, 3.8) is 0 Å². The highest BCUT2D eigenvalue weighted by atomic mass is 16.8. The standard InChI is InChI=1S/C24H30O12/c1-13(25)29-12-19-20(32-14(2)26)21(33-15(3)27)22(34-16(4)28)24(36-19)35-18-10-30-23(31-11-18)17-8-6-5-7-9-17/h5-9,18-24H,10-12H2,1-4H3/t18?,19-,20+,21+,22-,23?,24-/m1/s1. The van der Waals surface area contributed by atoms with E-state index >= 15 is 0 Å². The molecule has 3 rings (SSSR count). The predicted molar refractivity (Wildman–Crippen MR) is 118 cm³/mol. The molecule has 2 saturated heterocycles. The Bertz CT molecular complexity index is 911. The molecule has 1 aromatic carbocycles. The smallest absolute Gasteiger partial charge is 0.303 e. The van der Waals surface area contributed by atoms with Gasteiger partial charge in [-0.2, -0.15) is 0 Å². The molecule has 0 amide bonds. The van der Waals surface area contributed by atoms with Crippen LogP contribution in [-0.4, -0.2) is 80.5 Å². The topological polar surface area (TPSA) is 142 Å². The maximum Gasteiger partial charge on any atom is 0.303 e. The molecule has 0 unspecified atom stereocenters. The Balaban J connectivity index is 1.80. The van der Waals surface area contributed by atoms with Crippen molar-refractivity contribution in [3.8, 4) is 0 Å². The summed E-state index contributed by atoms with van der Waals surface area (Å²) in [4.78, 5) is 47.0. The lowest BCUT2D eigenvalue weighted by atomic mass is 9.98. The molecule has 0 radical (unpaired) electrons. The summed E-state index contributed by atoms with van der Waals surface area (Å²) in [6, 6.07) is 9.34. The molecule has 12 nitrogen and oxygen atoms in total. The van der Waals surface area contributed by atoms with Gasteiger partial charge >= 0.3 is 23.9 Å². The van der Waals surface area contributed by atoms with Crippen LogP contribution in [-0.2, 0) is 57.1 Å². The molecule has 0 aliphatic carbocycles. The van der Waals surface area contributed by atoms with Gasteiger partial charge in [-0.05, 0) is 0 Å². The molecule has 2 heterocycles. The molecule has 2 fully saturated rings. The highest BCUT2D eigenvalue weighted by Crippen LogP contribution is 2.32. The van der Waals surface area contributed by atoms with E-state index in [1.165, 1.54) is 6.92 Å². The first kappa shape index (κ1) is 27.5. The van der Waals surface area contributed by atoms with E-state index in [0.717, 1.165) is 26.3 Å². The number of esters is 4. The van der Waals surface area contributed by atoms with E-state index in [1.807, 2.05) is 30.3 Å². The largest absolute Gasteiger partial charge is 0.463 e. The van der Waals surface area contributed by atoms with Crippen LogP contribution < -0.4 is 0 Å². The Kier molecular flexibility index (Phi) is 9.76. The van der Waals surface area contributed by atoms with E-state index in [9.17, 15) is 19.2 Å². The van der Waals surface area contributed by atoms with Crippen molar-refractivity contribution in [2.75, 3.05) is 19.8 Å². The summed E-state index contributed by atoms with van der Waals surface area (Å²) in [7, 11) is 0. The Morgan fingerprint density at radius 3 is 1.89 bits per heavy atom. The maximum absolute atomic E-state index is 11.9. The molecule has 36 heavy (non-hydrogen) atoms. The summed E-state index contributed by atoms with van der Waals surface area (Å²) < 4.78 is 44.7. The third-order valence-electron chi connectivity index (χ3n) is 5.21. The summed E-state index contributed by atoms with van der Waals surface area (Å²) in [5.74, 6) is -2.76. The molecular weight excluding hydrogens is 480 g/mol. The van der Waals surface area contributed by atoms with Gasteiger partial charge in [0.15, 0.2) is 30.9 Å². The summed E-state index contributed by atoms with van der Waals surface area (Å²) in [6.45, 7) is 4.55. The van der Waals surface area contributed by atoms with Crippen LogP contribution in [0.1, 0.15) is 39.5 Å². The molecule has 5 atom stereocenters. The van der Waals surface area contributed by atoms with E-state index in [0.29, 0.717) is 0 Å². The lowest BCUT2D eigenvalue weighted by Gasteiger charge is -2.45. The molecule has 2 aliphatic heterocycles. The fourth-order valence-electron chi connectivity index (χ4n) is 3.85. The van der Waals surface area contributed by atoms with E-state index in [2.05, 4.69) is 0 Å². The van der Waals surface area contributed by atoms with Gasteiger partial charge < -0.3 is 37.9 Å². The lowest BCUT2D eigenvalue weighted by Crippen LogP contribution is -2.63. The third kappa shape index (κ3) is 7.72. The highest BCUT2D eigenvalue weighted by molar-refractivity contribution is 5.68. The van der Waals surface area contributed by atoms with Gasteiger partial charge in [-0.3, -0.25) is 19.2 Å². The molecule has 0 N–H and O–H groups in total. The van der Waals surface area contributed by atoms with Gasteiger partial charge in [0.2, 0.25) is 0 Å². The molecule has 198 valence electrons. The van der Waals surface area contributed by atoms with Crippen molar-refractivity contribution in [1.82, 2.24) is 0 Å². The van der Waals surface area contributed by atoms with Crippen molar-refractivity contribution < 1.29 is 57.1 Å². The first-order chi connectivity index (χ1) is 17.1. The second-order valence-electron chi connectivity index (χ2n) is 8.24. The first-order valence-corrected chi connectivity index (χ1v) is 11.4. The van der Waals surface area contributed by atoms with Crippen molar-refractivity contribution in [2.24, 2.45) is 0 Å². The molecular formula is C24H30O12. The van der Waals surface area contributed by atoms with Gasteiger partial charge in [-0.25, -0.2) is 0 Å². The monoisotopic (exact) mass is 510 g/mol. The average molecular weight is 510 g/mol. The van der Waals surface area contributed by atoms with Crippen molar-refractivity contribution in [2.45, 2.75) is 70.8 Å². The number of hydrogen-bond donors (Lipinski definition) is 0. The average Bonchev–Trinajstić information content (AvgIpc) is 2.82. The molecule has 1 aromatic rings. The van der Waals surface area contributed by atoms with Crippen molar-refractivity contribution >= 4 is 23.9 Å². The van der Waals surface area contributed by atoms with Crippen molar-refractivity contribution in [3.05, 3.63) is 35.9 Å². The SMILES string of the molecule is CC(=O)OC[C@H]1O[C@@H](OC2COC(c3ccccc3)OC2)[C@H](OC(C)=O)[C@@H](OC(C)=O)[C@H]1OC(C)=O. The second kappa shape index (κ2) is 12.8. The van der Waals surface area contributed by atoms with Gasteiger partial charge in [-0.1, -0.05) is 30.3 Å². The summed E-state index contributed by atoms with van der Waals surface area (Å²) >= 11 is 0. The quantitative estimate of drug-likeness (QED) is 0.366. The number of ether oxygens (including phenoxy) is 8. The fraction of sp³-hybridized carbons (Fsp3) is 0.583. The summed E-state index contributed by atoms with van der Waals surface area (Å²) in [6.07, 6.45) is -7.49. The number of carbonyl (C=O) groups excluding carboxylic acids is 4. The minimum atomic E-state index is -1.31. The number of carbonyl (C=O) groups is 4. The van der Waals surface area contributed by atoms with Crippen LogP contribution in [0.4, 0.5) is 0 Å². The van der Waals surface area contributed by atoms with Crippen LogP contribution in [0.15, 0.2) is 30.3 Å².